The Labute approximate surface area is 132 Å². The van der Waals surface area contributed by atoms with E-state index in [1.54, 1.807) is 12.4 Å². The summed E-state index contributed by atoms with van der Waals surface area (Å²) in [5, 5.41) is 8.19. The number of H-pyrrole nitrogens is 1. The second kappa shape index (κ2) is 5.55. The van der Waals surface area contributed by atoms with E-state index < -0.39 is 0 Å². The zero-order valence-electron chi connectivity index (χ0n) is 11.8. The SMILES string of the molecule is Clc1cnc(N[C@@H]2CCNC2)nc1-c1c[nH]c2ncccc12. The predicted octanol–water partition coefficient (Wildman–Crippen LogP) is 2.45. The van der Waals surface area contributed by atoms with E-state index in [1.165, 1.54) is 0 Å². The standard InChI is InChI=1S/C15H15ClN6/c16-12-8-20-15(21-9-3-5-17-6-9)22-13(12)11-7-19-14-10(11)2-1-4-18-14/h1-2,4,7-9,17H,3,5-6H2,(H,18,19)(H,20,21,22)/t9-/m1/s1. The first-order chi connectivity index (χ1) is 10.8. The van der Waals surface area contributed by atoms with E-state index in [0.29, 0.717) is 22.7 Å². The third kappa shape index (κ3) is 2.40. The van der Waals surface area contributed by atoms with Gasteiger partial charge in [-0.2, -0.15) is 0 Å². The Bertz CT molecular complexity index is 809. The van der Waals surface area contributed by atoms with Crippen LogP contribution >= 0.6 is 11.6 Å². The summed E-state index contributed by atoms with van der Waals surface area (Å²) in [6.45, 7) is 1.95. The maximum absolute atomic E-state index is 6.31. The van der Waals surface area contributed by atoms with Crippen LogP contribution in [0.25, 0.3) is 22.3 Å². The molecule has 3 N–H and O–H groups in total. The van der Waals surface area contributed by atoms with Crippen LogP contribution in [0.3, 0.4) is 0 Å². The molecule has 6 nitrogen and oxygen atoms in total. The van der Waals surface area contributed by atoms with Crippen molar-refractivity contribution >= 4 is 28.6 Å². The third-order valence-corrected chi connectivity index (χ3v) is 4.12. The number of aromatic amines is 1. The Kier molecular flexibility index (Phi) is 3.40. The minimum Gasteiger partial charge on any atom is -0.350 e. The molecule has 1 fully saturated rings. The van der Waals surface area contributed by atoms with Crippen molar-refractivity contribution in [1.82, 2.24) is 25.3 Å². The molecular formula is C15H15ClN6. The summed E-state index contributed by atoms with van der Waals surface area (Å²) in [5.41, 5.74) is 2.47. The summed E-state index contributed by atoms with van der Waals surface area (Å²) < 4.78 is 0. The van der Waals surface area contributed by atoms with Crippen molar-refractivity contribution in [2.24, 2.45) is 0 Å². The normalized spacial score (nSPS) is 18.0. The van der Waals surface area contributed by atoms with Gasteiger partial charge in [-0.1, -0.05) is 11.6 Å². The Balaban J connectivity index is 1.74. The lowest BCUT2D eigenvalue weighted by Crippen LogP contribution is -2.23. The highest BCUT2D eigenvalue weighted by molar-refractivity contribution is 6.33. The van der Waals surface area contributed by atoms with Crippen molar-refractivity contribution in [2.75, 3.05) is 18.4 Å². The highest BCUT2D eigenvalue weighted by atomic mass is 35.5. The molecule has 0 aliphatic carbocycles. The molecule has 1 aliphatic heterocycles. The summed E-state index contributed by atoms with van der Waals surface area (Å²) >= 11 is 6.31. The first kappa shape index (κ1) is 13.5. The lowest BCUT2D eigenvalue weighted by atomic mass is 10.1. The topological polar surface area (TPSA) is 78.5 Å². The summed E-state index contributed by atoms with van der Waals surface area (Å²) in [7, 11) is 0. The molecule has 112 valence electrons. The molecule has 0 unspecified atom stereocenters. The van der Waals surface area contributed by atoms with E-state index in [-0.39, 0.29) is 0 Å². The van der Waals surface area contributed by atoms with Crippen LogP contribution in [0.15, 0.2) is 30.7 Å². The molecule has 7 heteroatoms. The van der Waals surface area contributed by atoms with Gasteiger partial charge in [-0.05, 0) is 25.1 Å². The highest BCUT2D eigenvalue weighted by Gasteiger charge is 2.17. The number of halogens is 1. The highest BCUT2D eigenvalue weighted by Crippen LogP contribution is 2.31. The minimum atomic E-state index is 0.360. The molecule has 1 aliphatic rings. The molecule has 0 bridgehead atoms. The number of rotatable bonds is 3. The van der Waals surface area contributed by atoms with Gasteiger partial charge in [0.25, 0.3) is 0 Å². The molecule has 0 radical (unpaired) electrons. The minimum absolute atomic E-state index is 0.360. The van der Waals surface area contributed by atoms with Crippen molar-refractivity contribution in [1.29, 1.82) is 0 Å². The van der Waals surface area contributed by atoms with Crippen LogP contribution in [0.2, 0.25) is 5.02 Å². The molecule has 3 aromatic rings. The molecule has 22 heavy (non-hydrogen) atoms. The van der Waals surface area contributed by atoms with E-state index in [2.05, 4.69) is 30.6 Å². The van der Waals surface area contributed by atoms with E-state index in [9.17, 15) is 0 Å². The van der Waals surface area contributed by atoms with Gasteiger partial charge in [-0.15, -0.1) is 0 Å². The fourth-order valence-electron chi connectivity index (χ4n) is 2.74. The molecule has 3 aromatic heterocycles. The first-order valence-corrected chi connectivity index (χ1v) is 7.61. The van der Waals surface area contributed by atoms with Gasteiger partial charge in [0.05, 0.1) is 16.9 Å². The summed E-state index contributed by atoms with van der Waals surface area (Å²) in [4.78, 5) is 16.3. The van der Waals surface area contributed by atoms with Crippen LogP contribution in [0.1, 0.15) is 6.42 Å². The molecule has 4 heterocycles. The number of fused-ring (bicyclic) bond motifs is 1. The number of aromatic nitrogens is 4. The Hall–Kier alpha value is -2.18. The van der Waals surface area contributed by atoms with Gasteiger partial charge < -0.3 is 15.6 Å². The fourth-order valence-corrected chi connectivity index (χ4v) is 2.93. The Morgan fingerprint density at radius 2 is 2.27 bits per heavy atom. The number of nitrogens with one attached hydrogen (secondary N) is 3. The van der Waals surface area contributed by atoms with E-state index in [0.717, 1.165) is 36.1 Å². The van der Waals surface area contributed by atoms with Gasteiger partial charge in [0.1, 0.15) is 5.65 Å². The van der Waals surface area contributed by atoms with Gasteiger partial charge in [0.15, 0.2) is 0 Å². The molecule has 1 atom stereocenters. The number of hydrogen-bond acceptors (Lipinski definition) is 5. The van der Waals surface area contributed by atoms with E-state index in [1.807, 2.05) is 18.3 Å². The zero-order chi connectivity index (χ0) is 14.9. The molecule has 0 saturated carbocycles. The van der Waals surface area contributed by atoms with Gasteiger partial charge in [0, 0.05) is 35.9 Å². The van der Waals surface area contributed by atoms with Crippen molar-refractivity contribution < 1.29 is 0 Å². The lowest BCUT2D eigenvalue weighted by Gasteiger charge is -2.12. The zero-order valence-corrected chi connectivity index (χ0v) is 12.6. The van der Waals surface area contributed by atoms with Crippen LogP contribution in [0, 0.1) is 0 Å². The Morgan fingerprint density at radius 3 is 3.14 bits per heavy atom. The fraction of sp³-hybridized carbons (Fsp3) is 0.267. The second-order valence-electron chi connectivity index (χ2n) is 5.33. The molecule has 1 saturated heterocycles. The maximum atomic E-state index is 6.31. The van der Waals surface area contributed by atoms with Crippen LogP contribution in [-0.2, 0) is 0 Å². The molecule has 0 aromatic carbocycles. The summed E-state index contributed by atoms with van der Waals surface area (Å²) in [6.07, 6.45) is 6.35. The van der Waals surface area contributed by atoms with Crippen molar-refractivity contribution in [3.05, 3.63) is 35.7 Å². The average molecular weight is 315 g/mol. The van der Waals surface area contributed by atoms with Gasteiger partial charge >= 0.3 is 0 Å². The quantitative estimate of drug-likeness (QED) is 0.692. The number of nitrogens with zero attached hydrogens (tertiary/aromatic N) is 3. The van der Waals surface area contributed by atoms with Gasteiger partial charge in [-0.3, -0.25) is 0 Å². The van der Waals surface area contributed by atoms with Crippen LogP contribution in [0.4, 0.5) is 5.95 Å². The molecular weight excluding hydrogens is 300 g/mol. The number of anilines is 1. The molecule has 0 amide bonds. The summed E-state index contributed by atoms with van der Waals surface area (Å²) in [5.74, 6) is 0.603. The predicted molar refractivity (Wildman–Crippen MR) is 87.0 cm³/mol. The van der Waals surface area contributed by atoms with Crippen molar-refractivity contribution in [3.8, 4) is 11.3 Å². The maximum Gasteiger partial charge on any atom is 0.223 e. The Morgan fingerprint density at radius 1 is 1.32 bits per heavy atom. The number of pyridine rings is 1. The second-order valence-corrected chi connectivity index (χ2v) is 5.73. The lowest BCUT2D eigenvalue weighted by molar-refractivity contribution is 0.781. The van der Waals surface area contributed by atoms with Crippen LogP contribution < -0.4 is 10.6 Å². The van der Waals surface area contributed by atoms with Crippen LogP contribution in [-0.4, -0.2) is 39.1 Å². The largest absolute Gasteiger partial charge is 0.350 e. The van der Waals surface area contributed by atoms with E-state index in [4.69, 9.17) is 11.6 Å². The smallest absolute Gasteiger partial charge is 0.223 e. The van der Waals surface area contributed by atoms with Gasteiger partial charge in [-0.25, -0.2) is 15.0 Å². The number of hydrogen-bond donors (Lipinski definition) is 3. The van der Waals surface area contributed by atoms with Crippen LogP contribution in [0.5, 0.6) is 0 Å². The van der Waals surface area contributed by atoms with Crippen molar-refractivity contribution in [3.63, 3.8) is 0 Å². The third-order valence-electron chi connectivity index (χ3n) is 3.84. The van der Waals surface area contributed by atoms with Gasteiger partial charge in [0.2, 0.25) is 5.95 Å². The molecule has 0 spiro atoms. The monoisotopic (exact) mass is 314 g/mol. The van der Waals surface area contributed by atoms with E-state index >= 15 is 0 Å². The van der Waals surface area contributed by atoms with Crippen molar-refractivity contribution in [2.45, 2.75) is 12.5 Å². The average Bonchev–Trinajstić information content (AvgIpc) is 3.19. The summed E-state index contributed by atoms with van der Waals surface area (Å²) in [6, 6.07) is 4.26. The molecule has 4 rings (SSSR count). The first-order valence-electron chi connectivity index (χ1n) is 7.23.